The minimum Gasteiger partial charge on any atom is -0.469 e. The molecule has 110 valence electrons. The molecule has 0 spiro atoms. The molecule has 0 aliphatic heterocycles. The number of nitrogens with one attached hydrogen (secondary N) is 1. The van der Waals surface area contributed by atoms with E-state index in [2.05, 4.69) is 9.46 Å². The zero-order valence-corrected chi connectivity index (χ0v) is 12.6. The third-order valence-corrected chi connectivity index (χ3v) is 5.22. The molecule has 0 heterocycles. The number of hydrogen-bond donors (Lipinski definition) is 2. The summed E-state index contributed by atoms with van der Waals surface area (Å²) in [5.74, 6) is -0.549. The average Bonchev–Trinajstić information content (AvgIpc) is 2.77. The SMILES string of the molecule is COC(=O)CCCS(=O)(=O)NC1(C(N)=S)CCCC1. The number of ether oxygens (including phenoxy) is 1. The van der Waals surface area contributed by atoms with Gasteiger partial charge >= 0.3 is 5.97 Å². The predicted octanol–water partition coefficient (Wildman–Crippen LogP) is 0.458. The summed E-state index contributed by atoms with van der Waals surface area (Å²) in [7, 11) is -2.22. The van der Waals surface area contributed by atoms with Crippen LogP contribution in [0, 0.1) is 0 Å². The lowest BCUT2D eigenvalue weighted by Crippen LogP contribution is -2.55. The van der Waals surface area contributed by atoms with Crippen LogP contribution in [0.2, 0.25) is 0 Å². The van der Waals surface area contributed by atoms with E-state index in [0.717, 1.165) is 12.8 Å². The van der Waals surface area contributed by atoms with Crippen molar-refractivity contribution < 1.29 is 17.9 Å². The van der Waals surface area contributed by atoms with Crippen molar-refractivity contribution in [1.82, 2.24) is 4.72 Å². The van der Waals surface area contributed by atoms with Gasteiger partial charge in [0.15, 0.2) is 0 Å². The zero-order valence-electron chi connectivity index (χ0n) is 11.0. The second kappa shape index (κ2) is 6.62. The molecule has 8 heteroatoms. The molecule has 0 saturated heterocycles. The predicted molar refractivity (Wildman–Crippen MR) is 76.2 cm³/mol. The highest BCUT2D eigenvalue weighted by molar-refractivity contribution is 7.89. The van der Waals surface area contributed by atoms with Crippen molar-refractivity contribution in [3.8, 4) is 0 Å². The van der Waals surface area contributed by atoms with Gasteiger partial charge in [-0.05, 0) is 19.3 Å². The van der Waals surface area contributed by atoms with Crippen LogP contribution < -0.4 is 10.5 Å². The van der Waals surface area contributed by atoms with Gasteiger partial charge in [-0.1, -0.05) is 25.1 Å². The van der Waals surface area contributed by atoms with E-state index in [1.54, 1.807) is 0 Å². The van der Waals surface area contributed by atoms with E-state index in [9.17, 15) is 13.2 Å². The highest BCUT2D eigenvalue weighted by atomic mass is 32.2. The molecule has 3 N–H and O–H groups in total. The topological polar surface area (TPSA) is 98.5 Å². The van der Waals surface area contributed by atoms with Gasteiger partial charge in [-0.15, -0.1) is 0 Å². The molecule has 1 fully saturated rings. The van der Waals surface area contributed by atoms with E-state index in [0.29, 0.717) is 12.8 Å². The van der Waals surface area contributed by atoms with Gasteiger partial charge in [-0.3, -0.25) is 4.79 Å². The first kappa shape index (κ1) is 16.3. The van der Waals surface area contributed by atoms with E-state index >= 15 is 0 Å². The number of sulfonamides is 1. The maximum Gasteiger partial charge on any atom is 0.305 e. The lowest BCUT2D eigenvalue weighted by molar-refractivity contribution is -0.140. The Morgan fingerprint density at radius 1 is 1.42 bits per heavy atom. The molecule has 0 radical (unpaired) electrons. The Kier molecular flexibility index (Phi) is 5.69. The quantitative estimate of drug-likeness (QED) is 0.523. The number of esters is 1. The highest BCUT2D eigenvalue weighted by Gasteiger charge is 2.40. The van der Waals surface area contributed by atoms with Crippen LogP contribution in [-0.4, -0.2) is 37.8 Å². The Morgan fingerprint density at radius 2 is 2.00 bits per heavy atom. The molecule has 0 aromatic rings. The van der Waals surface area contributed by atoms with Crippen molar-refractivity contribution in [2.45, 2.75) is 44.1 Å². The van der Waals surface area contributed by atoms with E-state index in [1.165, 1.54) is 7.11 Å². The summed E-state index contributed by atoms with van der Waals surface area (Å²) in [6, 6.07) is 0. The standard InChI is InChI=1S/C11H20N2O4S2/c1-17-9(14)5-4-8-19(15,16)13-11(10(12)18)6-2-3-7-11/h13H,2-8H2,1H3,(H2,12,18). The molecule has 0 atom stereocenters. The number of nitrogens with two attached hydrogens (primary N) is 1. The second-order valence-electron chi connectivity index (χ2n) is 4.75. The lowest BCUT2D eigenvalue weighted by atomic mass is 10.00. The van der Waals surface area contributed by atoms with Crippen molar-refractivity contribution in [2.75, 3.05) is 12.9 Å². The fourth-order valence-electron chi connectivity index (χ4n) is 2.23. The Morgan fingerprint density at radius 3 is 2.47 bits per heavy atom. The molecule has 1 rings (SSSR count). The third-order valence-electron chi connectivity index (χ3n) is 3.30. The maximum absolute atomic E-state index is 12.0. The van der Waals surface area contributed by atoms with Crippen molar-refractivity contribution in [3.63, 3.8) is 0 Å². The fourth-order valence-corrected chi connectivity index (χ4v) is 4.09. The van der Waals surface area contributed by atoms with Crippen molar-refractivity contribution in [3.05, 3.63) is 0 Å². The van der Waals surface area contributed by atoms with Crippen LogP contribution in [0.1, 0.15) is 38.5 Å². The molecule has 19 heavy (non-hydrogen) atoms. The van der Waals surface area contributed by atoms with Crippen LogP contribution in [0.4, 0.5) is 0 Å². The number of carbonyl (C=O) groups is 1. The number of carbonyl (C=O) groups excluding carboxylic acids is 1. The van der Waals surface area contributed by atoms with Gasteiger partial charge < -0.3 is 10.5 Å². The van der Waals surface area contributed by atoms with Gasteiger partial charge in [-0.2, -0.15) is 0 Å². The summed E-state index contributed by atoms with van der Waals surface area (Å²) in [4.78, 5) is 11.1. The minimum atomic E-state index is -3.50. The molecule has 0 amide bonds. The van der Waals surface area contributed by atoms with Gasteiger partial charge in [0.05, 0.1) is 23.4 Å². The number of rotatable bonds is 7. The van der Waals surface area contributed by atoms with Crippen LogP contribution in [0.15, 0.2) is 0 Å². The van der Waals surface area contributed by atoms with Crippen molar-refractivity contribution in [2.24, 2.45) is 5.73 Å². The molecular formula is C11H20N2O4S2. The molecular weight excluding hydrogens is 288 g/mol. The lowest BCUT2D eigenvalue weighted by Gasteiger charge is -2.28. The molecule has 1 saturated carbocycles. The summed E-state index contributed by atoms with van der Waals surface area (Å²) in [5.41, 5.74) is 4.89. The Bertz CT molecular complexity index is 442. The summed E-state index contributed by atoms with van der Waals surface area (Å²) in [6.45, 7) is 0. The first-order chi connectivity index (χ1) is 8.81. The highest BCUT2D eigenvalue weighted by Crippen LogP contribution is 2.30. The summed E-state index contributed by atoms with van der Waals surface area (Å²) >= 11 is 4.99. The van der Waals surface area contributed by atoms with Crippen LogP contribution >= 0.6 is 12.2 Å². The maximum atomic E-state index is 12.0. The second-order valence-corrected chi connectivity index (χ2v) is 7.04. The van der Waals surface area contributed by atoms with E-state index in [1.807, 2.05) is 0 Å². The Balaban J connectivity index is 2.58. The van der Waals surface area contributed by atoms with Gasteiger partial charge in [0.25, 0.3) is 0 Å². The minimum absolute atomic E-state index is 0.0808. The molecule has 1 aliphatic rings. The molecule has 0 aromatic heterocycles. The van der Waals surface area contributed by atoms with Gasteiger partial charge in [0.1, 0.15) is 0 Å². The van der Waals surface area contributed by atoms with Crippen LogP contribution in [0.25, 0.3) is 0 Å². The number of thiocarbonyl (C=S) groups is 1. The van der Waals surface area contributed by atoms with Gasteiger partial charge in [-0.25, -0.2) is 13.1 Å². The van der Waals surface area contributed by atoms with E-state index in [-0.39, 0.29) is 23.6 Å². The first-order valence-electron chi connectivity index (χ1n) is 6.20. The van der Waals surface area contributed by atoms with Crippen LogP contribution in [0.5, 0.6) is 0 Å². The zero-order chi connectivity index (χ0) is 14.5. The molecule has 6 nitrogen and oxygen atoms in total. The molecule has 0 unspecified atom stereocenters. The summed E-state index contributed by atoms with van der Waals surface area (Å²) < 4.78 is 31.1. The molecule has 1 aliphatic carbocycles. The third kappa shape index (κ3) is 4.70. The largest absolute Gasteiger partial charge is 0.469 e. The molecule has 0 aromatic carbocycles. The van der Waals surface area contributed by atoms with Crippen LogP contribution in [-0.2, 0) is 19.6 Å². The molecule has 0 bridgehead atoms. The Hall–Kier alpha value is -0.730. The normalized spacial score (nSPS) is 18.2. The van der Waals surface area contributed by atoms with Crippen LogP contribution in [0.3, 0.4) is 0 Å². The van der Waals surface area contributed by atoms with Crippen molar-refractivity contribution in [1.29, 1.82) is 0 Å². The monoisotopic (exact) mass is 308 g/mol. The number of hydrogen-bond acceptors (Lipinski definition) is 5. The average molecular weight is 308 g/mol. The van der Waals surface area contributed by atoms with Gasteiger partial charge in [0.2, 0.25) is 10.0 Å². The smallest absolute Gasteiger partial charge is 0.305 e. The Labute approximate surface area is 119 Å². The fraction of sp³-hybridized carbons (Fsp3) is 0.818. The van der Waals surface area contributed by atoms with Crippen molar-refractivity contribution >= 4 is 33.2 Å². The van der Waals surface area contributed by atoms with Gasteiger partial charge in [0, 0.05) is 6.42 Å². The summed E-state index contributed by atoms with van der Waals surface area (Å²) in [6.07, 6.45) is 3.38. The first-order valence-corrected chi connectivity index (χ1v) is 8.26. The summed E-state index contributed by atoms with van der Waals surface area (Å²) in [5, 5.41) is 0. The number of methoxy groups -OCH3 is 1. The van der Waals surface area contributed by atoms with E-state index < -0.39 is 21.5 Å². The van der Waals surface area contributed by atoms with E-state index in [4.69, 9.17) is 18.0 Å².